The highest BCUT2D eigenvalue weighted by Gasteiger charge is 2.08. The molecule has 20 heavy (non-hydrogen) atoms. The molecule has 1 aromatic heterocycles. The number of hydrogen-bond donors (Lipinski definition) is 2. The topological polar surface area (TPSA) is 72.9 Å². The highest BCUT2D eigenvalue weighted by molar-refractivity contribution is 5.92. The van der Waals surface area contributed by atoms with E-state index in [0.29, 0.717) is 5.69 Å². The summed E-state index contributed by atoms with van der Waals surface area (Å²) in [7, 11) is 0. The van der Waals surface area contributed by atoms with Crippen LogP contribution in [-0.2, 0) is 11.3 Å². The van der Waals surface area contributed by atoms with Crippen LogP contribution in [0.5, 0.6) is 0 Å². The minimum atomic E-state index is -0.122. The molecule has 0 unspecified atom stereocenters. The van der Waals surface area contributed by atoms with Gasteiger partial charge in [0.2, 0.25) is 5.91 Å². The molecule has 1 amide bonds. The second kappa shape index (κ2) is 5.05. The van der Waals surface area contributed by atoms with Crippen LogP contribution in [0, 0.1) is 0 Å². The number of para-hydroxylation sites is 1. The van der Waals surface area contributed by atoms with Gasteiger partial charge >= 0.3 is 0 Å². The predicted octanol–water partition coefficient (Wildman–Crippen LogP) is 2.26. The molecule has 3 N–H and O–H groups in total. The van der Waals surface area contributed by atoms with Crippen molar-refractivity contribution < 1.29 is 4.79 Å². The summed E-state index contributed by atoms with van der Waals surface area (Å²) in [4.78, 5) is 12.0. The number of carbonyl (C=O) groups excluding carboxylic acids is 1. The predicted molar refractivity (Wildman–Crippen MR) is 79.2 cm³/mol. The van der Waals surface area contributed by atoms with Gasteiger partial charge in [0.15, 0.2) is 0 Å². The van der Waals surface area contributed by atoms with E-state index in [1.807, 2.05) is 48.5 Å². The number of anilines is 2. The molecule has 5 heteroatoms. The Labute approximate surface area is 116 Å². The van der Waals surface area contributed by atoms with E-state index in [1.165, 1.54) is 0 Å². The lowest BCUT2D eigenvalue weighted by Gasteiger charge is -2.06. The number of benzene rings is 2. The van der Waals surface area contributed by atoms with Gasteiger partial charge in [0.05, 0.1) is 11.7 Å². The summed E-state index contributed by atoms with van der Waals surface area (Å²) < 4.78 is 1.64. The Balaban J connectivity index is 1.79. The third-order valence-corrected chi connectivity index (χ3v) is 3.02. The Morgan fingerprint density at radius 1 is 1.20 bits per heavy atom. The first kappa shape index (κ1) is 12.2. The van der Waals surface area contributed by atoms with Gasteiger partial charge in [0.25, 0.3) is 0 Å². The standard InChI is InChI=1S/C15H14N4O/c16-12-7-6-11-9-17-19(14(11)8-12)10-15(20)18-13-4-2-1-3-5-13/h1-9H,10,16H2,(H,18,20). The maximum absolute atomic E-state index is 12.0. The van der Waals surface area contributed by atoms with E-state index < -0.39 is 0 Å². The quantitative estimate of drug-likeness (QED) is 0.714. The highest BCUT2D eigenvalue weighted by Crippen LogP contribution is 2.17. The molecule has 0 saturated carbocycles. The fourth-order valence-corrected chi connectivity index (χ4v) is 2.07. The molecule has 0 aliphatic carbocycles. The van der Waals surface area contributed by atoms with Gasteiger partial charge in [-0.3, -0.25) is 9.48 Å². The van der Waals surface area contributed by atoms with Crippen LogP contribution in [0.1, 0.15) is 0 Å². The van der Waals surface area contributed by atoms with Gasteiger partial charge in [-0.2, -0.15) is 5.10 Å². The minimum absolute atomic E-state index is 0.122. The molecule has 0 bridgehead atoms. The molecule has 0 saturated heterocycles. The summed E-state index contributed by atoms with van der Waals surface area (Å²) in [5.41, 5.74) is 8.05. The number of aromatic nitrogens is 2. The van der Waals surface area contributed by atoms with Gasteiger partial charge in [-0.05, 0) is 30.3 Å². The molecule has 1 heterocycles. The fourth-order valence-electron chi connectivity index (χ4n) is 2.07. The number of fused-ring (bicyclic) bond motifs is 1. The molecular formula is C15H14N4O. The van der Waals surface area contributed by atoms with Crippen molar-refractivity contribution in [3.8, 4) is 0 Å². The Kier molecular flexibility index (Phi) is 3.09. The zero-order valence-corrected chi connectivity index (χ0v) is 10.8. The Hall–Kier alpha value is -2.82. The Morgan fingerprint density at radius 3 is 2.80 bits per heavy atom. The maximum atomic E-state index is 12.0. The molecule has 0 spiro atoms. The van der Waals surface area contributed by atoms with Crippen molar-refractivity contribution in [3.63, 3.8) is 0 Å². The Bertz CT molecular complexity index is 749. The van der Waals surface area contributed by atoms with Gasteiger partial charge in [-0.15, -0.1) is 0 Å². The zero-order valence-electron chi connectivity index (χ0n) is 10.8. The van der Waals surface area contributed by atoms with Crippen molar-refractivity contribution in [2.45, 2.75) is 6.54 Å². The smallest absolute Gasteiger partial charge is 0.246 e. The van der Waals surface area contributed by atoms with Crippen LogP contribution in [0.4, 0.5) is 11.4 Å². The minimum Gasteiger partial charge on any atom is -0.399 e. The van der Waals surface area contributed by atoms with Crippen LogP contribution in [0.15, 0.2) is 54.7 Å². The molecule has 2 aromatic carbocycles. The zero-order chi connectivity index (χ0) is 13.9. The van der Waals surface area contributed by atoms with Crippen LogP contribution >= 0.6 is 0 Å². The van der Waals surface area contributed by atoms with E-state index in [4.69, 9.17) is 5.73 Å². The summed E-state index contributed by atoms with van der Waals surface area (Å²) in [5.74, 6) is -0.122. The number of carbonyl (C=O) groups is 1. The number of hydrogen-bond acceptors (Lipinski definition) is 3. The molecule has 3 aromatic rings. The molecule has 0 atom stereocenters. The van der Waals surface area contributed by atoms with Crippen LogP contribution in [-0.4, -0.2) is 15.7 Å². The van der Waals surface area contributed by atoms with Gasteiger partial charge < -0.3 is 11.1 Å². The first-order valence-corrected chi connectivity index (χ1v) is 6.28. The van der Waals surface area contributed by atoms with Gasteiger partial charge in [0.1, 0.15) is 6.54 Å². The van der Waals surface area contributed by atoms with Crippen molar-refractivity contribution in [1.29, 1.82) is 0 Å². The SMILES string of the molecule is Nc1ccc2cnn(CC(=O)Nc3ccccc3)c2c1. The third-order valence-electron chi connectivity index (χ3n) is 3.02. The van der Waals surface area contributed by atoms with Crippen molar-refractivity contribution in [2.24, 2.45) is 0 Å². The van der Waals surface area contributed by atoms with E-state index in [0.717, 1.165) is 16.6 Å². The molecule has 0 aliphatic heterocycles. The number of rotatable bonds is 3. The van der Waals surface area contributed by atoms with E-state index in [2.05, 4.69) is 10.4 Å². The second-order valence-corrected chi connectivity index (χ2v) is 4.53. The average Bonchev–Trinajstić information content (AvgIpc) is 2.82. The van der Waals surface area contributed by atoms with Crippen LogP contribution in [0.2, 0.25) is 0 Å². The van der Waals surface area contributed by atoms with Crippen molar-refractivity contribution >= 4 is 28.2 Å². The summed E-state index contributed by atoms with van der Waals surface area (Å²) in [6.45, 7) is 0.155. The molecule has 0 fully saturated rings. The lowest BCUT2D eigenvalue weighted by molar-refractivity contribution is -0.116. The van der Waals surface area contributed by atoms with Crippen molar-refractivity contribution in [2.75, 3.05) is 11.1 Å². The molecule has 3 rings (SSSR count). The monoisotopic (exact) mass is 266 g/mol. The summed E-state index contributed by atoms with van der Waals surface area (Å²) >= 11 is 0. The number of nitrogen functional groups attached to an aromatic ring is 1. The highest BCUT2D eigenvalue weighted by atomic mass is 16.2. The number of nitrogens with one attached hydrogen (secondary N) is 1. The molecular weight excluding hydrogens is 252 g/mol. The Morgan fingerprint density at radius 2 is 2.00 bits per heavy atom. The molecule has 0 aliphatic rings. The van der Waals surface area contributed by atoms with Gasteiger partial charge in [0, 0.05) is 16.8 Å². The van der Waals surface area contributed by atoms with E-state index >= 15 is 0 Å². The second-order valence-electron chi connectivity index (χ2n) is 4.53. The van der Waals surface area contributed by atoms with E-state index in [9.17, 15) is 4.79 Å². The third kappa shape index (κ3) is 2.47. The van der Waals surface area contributed by atoms with Crippen LogP contribution < -0.4 is 11.1 Å². The average molecular weight is 266 g/mol. The summed E-state index contributed by atoms with van der Waals surface area (Å²) in [6, 6.07) is 14.9. The lowest BCUT2D eigenvalue weighted by Crippen LogP contribution is -2.19. The lowest BCUT2D eigenvalue weighted by atomic mass is 10.2. The molecule has 100 valence electrons. The van der Waals surface area contributed by atoms with Crippen molar-refractivity contribution in [1.82, 2.24) is 9.78 Å². The summed E-state index contributed by atoms with van der Waals surface area (Å²) in [5, 5.41) is 8.01. The fraction of sp³-hybridized carbons (Fsp3) is 0.0667. The summed E-state index contributed by atoms with van der Waals surface area (Å²) in [6.07, 6.45) is 1.73. The van der Waals surface area contributed by atoms with Gasteiger partial charge in [-0.1, -0.05) is 18.2 Å². The largest absolute Gasteiger partial charge is 0.399 e. The number of amides is 1. The maximum Gasteiger partial charge on any atom is 0.246 e. The van der Waals surface area contributed by atoms with Crippen LogP contribution in [0.3, 0.4) is 0 Å². The van der Waals surface area contributed by atoms with Gasteiger partial charge in [-0.25, -0.2) is 0 Å². The van der Waals surface area contributed by atoms with E-state index in [1.54, 1.807) is 10.9 Å². The number of nitrogens with zero attached hydrogens (tertiary/aromatic N) is 2. The molecule has 5 nitrogen and oxygen atoms in total. The van der Waals surface area contributed by atoms with E-state index in [-0.39, 0.29) is 12.5 Å². The first-order chi connectivity index (χ1) is 9.72. The molecule has 0 radical (unpaired) electrons. The number of nitrogens with two attached hydrogens (primary N) is 1. The van der Waals surface area contributed by atoms with Crippen molar-refractivity contribution in [3.05, 3.63) is 54.7 Å². The normalized spacial score (nSPS) is 10.6. The van der Waals surface area contributed by atoms with Crippen LogP contribution in [0.25, 0.3) is 10.9 Å². The first-order valence-electron chi connectivity index (χ1n) is 6.28.